The first kappa shape index (κ1) is 16.1. The number of furan rings is 1. The predicted molar refractivity (Wildman–Crippen MR) is 85.5 cm³/mol. The van der Waals surface area contributed by atoms with Crippen molar-refractivity contribution in [1.29, 1.82) is 0 Å². The van der Waals surface area contributed by atoms with Crippen molar-refractivity contribution in [2.75, 3.05) is 39.3 Å². The van der Waals surface area contributed by atoms with Crippen molar-refractivity contribution < 1.29 is 14.0 Å². The fraction of sp³-hybridized carbons (Fsp3) is 0.647. The van der Waals surface area contributed by atoms with Crippen LogP contribution in [0.5, 0.6) is 0 Å². The summed E-state index contributed by atoms with van der Waals surface area (Å²) < 4.78 is 5.47. The third-order valence-corrected chi connectivity index (χ3v) is 4.96. The van der Waals surface area contributed by atoms with Crippen LogP contribution in [0.25, 0.3) is 0 Å². The van der Waals surface area contributed by atoms with Crippen molar-refractivity contribution >= 4 is 11.8 Å². The number of amides is 2. The molecule has 0 radical (unpaired) electrons. The SMILES string of the molecule is CCN1C[C@]2(CC1=O)CN(Cc1ccco1)CCN(C(C)=O)C2. The highest BCUT2D eigenvalue weighted by molar-refractivity contribution is 5.80. The van der Waals surface area contributed by atoms with E-state index in [0.717, 1.165) is 38.5 Å². The Balaban J connectivity index is 1.80. The number of likely N-dealkylation sites (tertiary alicyclic amines) is 1. The molecule has 3 heterocycles. The summed E-state index contributed by atoms with van der Waals surface area (Å²) in [5.74, 6) is 1.22. The highest BCUT2D eigenvalue weighted by Gasteiger charge is 2.46. The number of carbonyl (C=O) groups is 2. The van der Waals surface area contributed by atoms with E-state index >= 15 is 0 Å². The summed E-state index contributed by atoms with van der Waals surface area (Å²) >= 11 is 0. The summed E-state index contributed by atoms with van der Waals surface area (Å²) in [6.45, 7) is 8.82. The summed E-state index contributed by atoms with van der Waals surface area (Å²) in [4.78, 5) is 30.3. The van der Waals surface area contributed by atoms with Crippen LogP contribution in [0.3, 0.4) is 0 Å². The molecular weight excluding hydrogens is 294 g/mol. The molecule has 0 N–H and O–H groups in total. The predicted octanol–water partition coefficient (Wildman–Crippen LogP) is 1.18. The molecule has 0 bridgehead atoms. The topological polar surface area (TPSA) is 57.0 Å². The molecule has 1 spiro atoms. The van der Waals surface area contributed by atoms with Crippen LogP contribution in [0.15, 0.2) is 22.8 Å². The van der Waals surface area contributed by atoms with E-state index in [9.17, 15) is 9.59 Å². The Bertz CT molecular complexity index is 572. The molecule has 0 aromatic carbocycles. The fourth-order valence-electron chi connectivity index (χ4n) is 3.86. The van der Waals surface area contributed by atoms with E-state index in [4.69, 9.17) is 4.42 Å². The average Bonchev–Trinajstić information content (AvgIpc) is 3.06. The van der Waals surface area contributed by atoms with Gasteiger partial charge in [0.25, 0.3) is 0 Å². The van der Waals surface area contributed by atoms with Crippen LogP contribution < -0.4 is 0 Å². The molecule has 23 heavy (non-hydrogen) atoms. The van der Waals surface area contributed by atoms with E-state index in [-0.39, 0.29) is 17.2 Å². The Labute approximate surface area is 137 Å². The van der Waals surface area contributed by atoms with Gasteiger partial charge in [-0.05, 0) is 19.1 Å². The van der Waals surface area contributed by atoms with Crippen LogP contribution in [-0.4, -0.2) is 65.8 Å². The molecule has 126 valence electrons. The maximum absolute atomic E-state index is 12.3. The van der Waals surface area contributed by atoms with Crippen LogP contribution in [0.1, 0.15) is 26.0 Å². The van der Waals surface area contributed by atoms with E-state index in [0.29, 0.717) is 19.5 Å². The van der Waals surface area contributed by atoms with E-state index in [2.05, 4.69) is 4.90 Å². The van der Waals surface area contributed by atoms with Gasteiger partial charge in [-0.3, -0.25) is 14.5 Å². The number of hydrogen-bond acceptors (Lipinski definition) is 4. The summed E-state index contributed by atoms with van der Waals surface area (Å²) in [5.41, 5.74) is -0.165. The molecule has 0 aliphatic carbocycles. The van der Waals surface area contributed by atoms with Gasteiger partial charge >= 0.3 is 0 Å². The lowest BCUT2D eigenvalue weighted by atomic mass is 9.86. The van der Waals surface area contributed by atoms with Gasteiger partial charge in [0.1, 0.15) is 5.76 Å². The molecule has 2 aliphatic heterocycles. The molecule has 6 heteroatoms. The molecule has 3 rings (SSSR count). The molecule has 2 aliphatic rings. The second kappa shape index (κ2) is 6.35. The van der Waals surface area contributed by atoms with Crippen LogP contribution in [-0.2, 0) is 16.1 Å². The van der Waals surface area contributed by atoms with Crippen molar-refractivity contribution in [1.82, 2.24) is 14.7 Å². The summed E-state index contributed by atoms with van der Waals surface area (Å²) in [7, 11) is 0. The highest BCUT2D eigenvalue weighted by Crippen LogP contribution is 2.35. The number of nitrogens with zero attached hydrogens (tertiary/aromatic N) is 3. The van der Waals surface area contributed by atoms with Crippen molar-refractivity contribution in [2.24, 2.45) is 5.41 Å². The van der Waals surface area contributed by atoms with Gasteiger partial charge in [-0.2, -0.15) is 0 Å². The normalized spacial score (nSPS) is 26.1. The van der Waals surface area contributed by atoms with Gasteiger partial charge in [0.05, 0.1) is 12.8 Å². The molecule has 1 aromatic heterocycles. The first-order chi connectivity index (χ1) is 11.0. The summed E-state index contributed by atoms with van der Waals surface area (Å²) in [6.07, 6.45) is 2.21. The highest BCUT2D eigenvalue weighted by atomic mass is 16.3. The molecule has 2 saturated heterocycles. The van der Waals surface area contributed by atoms with E-state index in [1.54, 1.807) is 13.2 Å². The number of carbonyl (C=O) groups excluding carboxylic acids is 2. The number of rotatable bonds is 3. The van der Waals surface area contributed by atoms with Gasteiger partial charge in [-0.1, -0.05) is 0 Å². The molecule has 0 saturated carbocycles. The van der Waals surface area contributed by atoms with Crippen LogP contribution in [0, 0.1) is 5.41 Å². The van der Waals surface area contributed by atoms with Gasteiger partial charge in [-0.15, -0.1) is 0 Å². The molecule has 2 fully saturated rings. The minimum atomic E-state index is -0.165. The maximum Gasteiger partial charge on any atom is 0.223 e. The molecule has 6 nitrogen and oxygen atoms in total. The quantitative estimate of drug-likeness (QED) is 0.839. The summed E-state index contributed by atoms with van der Waals surface area (Å²) in [6, 6.07) is 3.86. The third-order valence-electron chi connectivity index (χ3n) is 4.96. The first-order valence-electron chi connectivity index (χ1n) is 8.29. The molecular formula is C17H25N3O3. The number of hydrogen-bond donors (Lipinski definition) is 0. The van der Waals surface area contributed by atoms with Gasteiger partial charge in [0.15, 0.2) is 0 Å². The molecule has 2 amide bonds. The third kappa shape index (κ3) is 3.42. The Morgan fingerprint density at radius 1 is 1.30 bits per heavy atom. The van der Waals surface area contributed by atoms with Gasteiger partial charge < -0.3 is 14.2 Å². The maximum atomic E-state index is 12.3. The van der Waals surface area contributed by atoms with E-state index in [1.165, 1.54) is 0 Å². The lowest BCUT2D eigenvalue weighted by Crippen LogP contribution is -2.43. The van der Waals surface area contributed by atoms with Gasteiger partial charge in [0.2, 0.25) is 11.8 Å². The van der Waals surface area contributed by atoms with Crippen LogP contribution in [0.4, 0.5) is 0 Å². The van der Waals surface area contributed by atoms with E-state index in [1.807, 2.05) is 28.9 Å². The lowest BCUT2D eigenvalue weighted by Gasteiger charge is -2.33. The second-order valence-electron chi connectivity index (χ2n) is 6.82. The lowest BCUT2D eigenvalue weighted by molar-refractivity contribution is -0.130. The zero-order chi connectivity index (χ0) is 16.4. The van der Waals surface area contributed by atoms with Gasteiger partial charge in [0, 0.05) is 58.0 Å². The van der Waals surface area contributed by atoms with Crippen molar-refractivity contribution in [3.63, 3.8) is 0 Å². The minimum Gasteiger partial charge on any atom is -0.468 e. The van der Waals surface area contributed by atoms with Crippen LogP contribution in [0.2, 0.25) is 0 Å². The van der Waals surface area contributed by atoms with E-state index < -0.39 is 0 Å². The van der Waals surface area contributed by atoms with Crippen LogP contribution >= 0.6 is 0 Å². The Hall–Kier alpha value is -1.82. The first-order valence-corrected chi connectivity index (χ1v) is 8.29. The largest absolute Gasteiger partial charge is 0.468 e. The fourth-order valence-corrected chi connectivity index (χ4v) is 3.86. The smallest absolute Gasteiger partial charge is 0.223 e. The average molecular weight is 319 g/mol. The zero-order valence-electron chi connectivity index (χ0n) is 14.0. The monoisotopic (exact) mass is 319 g/mol. The Kier molecular flexibility index (Phi) is 4.43. The van der Waals surface area contributed by atoms with Crippen molar-refractivity contribution in [3.8, 4) is 0 Å². The Morgan fingerprint density at radius 2 is 2.13 bits per heavy atom. The minimum absolute atomic E-state index is 0.0895. The molecule has 0 unspecified atom stereocenters. The zero-order valence-corrected chi connectivity index (χ0v) is 14.0. The molecule has 1 atom stereocenters. The molecule has 1 aromatic rings. The second-order valence-corrected chi connectivity index (χ2v) is 6.82. The van der Waals surface area contributed by atoms with Crippen molar-refractivity contribution in [3.05, 3.63) is 24.2 Å². The standard InChI is InChI=1S/C17H25N3O3/c1-3-19-12-17(9-16(19)22)11-18(10-15-5-4-8-23-15)6-7-20(13-17)14(2)21/h4-5,8H,3,6-7,9-13H2,1-2H3/t17-/m0/s1. The summed E-state index contributed by atoms with van der Waals surface area (Å²) in [5, 5.41) is 0. The van der Waals surface area contributed by atoms with Crippen molar-refractivity contribution in [2.45, 2.75) is 26.8 Å². The Morgan fingerprint density at radius 3 is 2.74 bits per heavy atom. The van der Waals surface area contributed by atoms with Gasteiger partial charge in [-0.25, -0.2) is 0 Å².